The lowest BCUT2D eigenvalue weighted by molar-refractivity contribution is -0.139. The van der Waals surface area contributed by atoms with Crippen LogP contribution in [0.2, 0.25) is 0 Å². The van der Waals surface area contributed by atoms with Gasteiger partial charge in [0.1, 0.15) is 18.7 Å². The molecule has 1 aliphatic carbocycles. The number of likely N-dealkylation sites (tertiary alicyclic amines) is 1. The van der Waals surface area contributed by atoms with Crippen molar-refractivity contribution in [2.45, 2.75) is 50.8 Å². The molecule has 4 atom stereocenters. The summed E-state index contributed by atoms with van der Waals surface area (Å²) in [5.41, 5.74) is 2.68. The first-order valence-corrected chi connectivity index (χ1v) is 13.4. The maximum atomic E-state index is 13.7. The lowest BCUT2D eigenvalue weighted by Gasteiger charge is -2.30. The summed E-state index contributed by atoms with van der Waals surface area (Å²) < 4.78 is 5.67. The van der Waals surface area contributed by atoms with Crippen molar-refractivity contribution in [3.63, 3.8) is 0 Å². The average molecular weight is 495 g/mol. The number of nitrogens with zero attached hydrogens (tertiary/aromatic N) is 3. The van der Waals surface area contributed by atoms with Gasteiger partial charge in [0.15, 0.2) is 11.0 Å². The van der Waals surface area contributed by atoms with Crippen LogP contribution < -0.4 is 5.32 Å². The number of hydrogen-bond donors (Lipinski definition) is 1. The number of hydrogen-bond acceptors (Lipinski definition) is 7. The molecule has 0 radical (unpaired) electrons. The van der Waals surface area contributed by atoms with Gasteiger partial charge in [0.2, 0.25) is 5.91 Å². The highest BCUT2D eigenvalue weighted by molar-refractivity contribution is 8.16. The van der Waals surface area contributed by atoms with E-state index in [9.17, 15) is 14.4 Å². The minimum Gasteiger partial charge on any atom is -0.367 e. The van der Waals surface area contributed by atoms with Crippen molar-refractivity contribution < 1.29 is 19.1 Å². The van der Waals surface area contributed by atoms with Crippen LogP contribution in [0.4, 0.5) is 0 Å². The summed E-state index contributed by atoms with van der Waals surface area (Å²) in [6, 6.07) is 6.40. The molecule has 1 aromatic rings. The summed E-state index contributed by atoms with van der Waals surface area (Å²) in [7, 11) is 0. The van der Waals surface area contributed by atoms with Gasteiger partial charge in [-0.25, -0.2) is 0 Å². The number of nitrogens with one attached hydrogen (secondary N) is 1. The van der Waals surface area contributed by atoms with Gasteiger partial charge in [0.25, 0.3) is 5.91 Å². The van der Waals surface area contributed by atoms with Gasteiger partial charge in [-0.2, -0.15) is 0 Å². The van der Waals surface area contributed by atoms with E-state index in [1.165, 1.54) is 0 Å². The zero-order chi connectivity index (χ0) is 24.1. The van der Waals surface area contributed by atoms with E-state index < -0.39 is 12.1 Å². The van der Waals surface area contributed by atoms with Gasteiger partial charge < -0.3 is 19.9 Å². The molecule has 3 fully saturated rings. The van der Waals surface area contributed by atoms with Crippen LogP contribution in [0.25, 0.3) is 5.70 Å². The van der Waals surface area contributed by atoms with Gasteiger partial charge in [-0.05, 0) is 36.5 Å². The number of ether oxygens (including phenoxy) is 1. The highest BCUT2D eigenvalue weighted by Crippen LogP contribution is 2.36. The summed E-state index contributed by atoms with van der Waals surface area (Å²) in [6.07, 6.45) is 3.69. The predicted molar refractivity (Wildman–Crippen MR) is 134 cm³/mol. The third-order valence-corrected chi connectivity index (χ3v) is 8.86. The summed E-state index contributed by atoms with van der Waals surface area (Å²) in [5.74, 6) is -0.240. The number of Topliss-reactive ketones (excluding diaryl/α,β-unsaturated/α-hetero) is 1. The van der Waals surface area contributed by atoms with Gasteiger partial charge in [-0.1, -0.05) is 43.7 Å². The number of thioether (sulfide) groups is 1. The molecule has 0 bridgehead atoms. The normalized spacial score (nSPS) is 28.7. The summed E-state index contributed by atoms with van der Waals surface area (Å²) in [4.78, 5) is 47.9. The van der Waals surface area contributed by atoms with Crippen molar-refractivity contribution >= 4 is 40.2 Å². The number of carbonyl (C=O) groups is 3. The first-order chi connectivity index (χ1) is 17.0. The van der Waals surface area contributed by atoms with Crippen LogP contribution in [0.15, 0.2) is 34.7 Å². The molecule has 4 heterocycles. The Labute approximate surface area is 209 Å². The Morgan fingerprint density at radius 3 is 2.74 bits per heavy atom. The number of rotatable bonds is 5. The van der Waals surface area contributed by atoms with E-state index in [0.717, 1.165) is 55.2 Å². The quantitative estimate of drug-likeness (QED) is 0.677. The molecular formula is C26H30N4O4S. The second kappa shape index (κ2) is 9.09. The Hall–Kier alpha value is -2.65. The number of fused-ring (bicyclic) bond motifs is 2. The monoisotopic (exact) mass is 494 g/mol. The molecule has 0 spiro atoms. The Balaban J connectivity index is 1.19. The summed E-state index contributed by atoms with van der Waals surface area (Å²) in [6.45, 7) is 4.26. The zero-order valence-electron chi connectivity index (χ0n) is 19.8. The topological polar surface area (TPSA) is 91.3 Å². The molecule has 2 amide bonds. The minimum atomic E-state index is -0.624. The van der Waals surface area contributed by atoms with Crippen molar-refractivity contribution in [3.05, 3.63) is 40.8 Å². The third kappa shape index (κ3) is 3.98. The highest BCUT2D eigenvalue weighted by atomic mass is 32.2. The van der Waals surface area contributed by atoms with Gasteiger partial charge in [0.05, 0.1) is 18.3 Å². The molecule has 1 aromatic carbocycles. The molecule has 6 rings (SSSR count). The molecule has 35 heavy (non-hydrogen) atoms. The van der Waals surface area contributed by atoms with E-state index in [2.05, 4.69) is 20.6 Å². The number of amides is 2. The smallest absolute Gasteiger partial charge is 0.251 e. The van der Waals surface area contributed by atoms with Crippen molar-refractivity contribution in [2.24, 2.45) is 16.8 Å². The first kappa shape index (κ1) is 22.8. The van der Waals surface area contributed by atoms with Crippen molar-refractivity contribution in [1.82, 2.24) is 15.1 Å². The maximum Gasteiger partial charge on any atom is 0.251 e. The lowest BCUT2D eigenvalue weighted by Crippen LogP contribution is -2.54. The molecule has 1 saturated carbocycles. The Morgan fingerprint density at radius 2 is 1.97 bits per heavy atom. The average Bonchev–Trinajstić information content (AvgIpc) is 3.66. The van der Waals surface area contributed by atoms with Crippen molar-refractivity contribution in [3.8, 4) is 0 Å². The summed E-state index contributed by atoms with van der Waals surface area (Å²) >= 11 is 1.63. The Morgan fingerprint density at radius 1 is 1.20 bits per heavy atom. The number of ketones is 1. The molecular weight excluding hydrogens is 464 g/mol. The highest BCUT2D eigenvalue weighted by Gasteiger charge is 2.52. The zero-order valence-corrected chi connectivity index (χ0v) is 20.6. The van der Waals surface area contributed by atoms with E-state index in [1.54, 1.807) is 16.7 Å². The predicted octanol–water partition coefficient (Wildman–Crippen LogP) is 2.51. The molecule has 9 heteroatoms. The molecule has 184 valence electrons. The van der Waals surface area contributed by atoms with Crippen LogP contribution >= 0.6 is 11.8 Å². The fraction of sp³-hybridized carbons (Fsp3) is 0.538. The Bertz CT molecular complexity index is 1110. The molecule has 4 aliphatic heterocycles. The van der Waals surface area contributed by atoms with Crippen LogP contribution in [-0.4, -0.2) is 77.0 Å². The van der Waals surface area contributed by atoms with E-state index in [0.29, 0.717) is 12.1 Å². The number of carbonyl (C=O) groups excluding carboxylic acids is 3. The molecule has 8 nitrogen and oxygen atoms in total. The second-order valence-electron chi connectivity index (χ2n) is 10.2. The van der Waals surface area contributed by atoms with Gasteiger partial charge in [-0.15, -0.1) is 0 Å². The van der Waals surface area contributed by atoms with Crippen LogP contribution in [-0.2, 0) is 14.3 Å². The summed E-state index contributed by atoms with van der Waals surface area (Å²) in [5, 5.41) is 6.19. The number of aliphatic imine (C=N–C) groups is 1. The van der Waals surface area contributed by atoms with Gasteiger partial charge in [-0.3, -0.25) is 19.4 Å². The molecule has 0 aromatic heterocycles. The van der Waals surface area contributed by atoms with Crippen LogP contribution in [0.3, 0.4) is 0 Å². The van der Waals surface area contributed by atoms with E-state index in [4.69, 9.17) is 4.74 Å². The second-order valence-corrected chi connectivity index (χ2v) is 11.0. The molecule has 0 unspecified atom stereocenters. The SMILES string of the molecule is C[C@@H]1CN(C(=O)[C@@H](NC(=O)c2ccc(C3=CSC4=NCCN34)cc2)C2CCCC2)[C@@H]2C(=O)CO[C@H]12. The first-order valence-electron chi connectivity index (χ1n) is 12.6. The van der Waals surface area contributed by atoms with E-state index in [1.807, 2.05) is 31.2 Å². The number of amidine groups is 1. The molecule has 1 N–H and O–H groups in total. The lowest BCUT2D eigenvalue weighted by atomic mass is 9.95. The largest absolute Gasteiger partial charge is 0.367 e. The third-order valence-electron chi connectivity index (χ3n) is 7.96. The Kier molecular flexibility index (Phi) is 5.92. The van der Waals surface area contributed by atoms with Crippen LogP contribution in [0, 0.1) is 11.8 Å². The van der Waals surface area contributed by atoms with E-state index in [-0.39, 0.29) is 42.1 Å². The maximum absolute atomic E-state index is 13.7. The van der Waals surface area contributed by atoms with Gasteiger partial charge in [0, 0.05) is 30.0 Å². The molecule has 2 saturated heterocycles. The number of benzene rings is 1. The fourth-order valence-electron chi connectivity index (χ4n) is 6.13. The molecule has 5 aliphatic rings. The van der Waals surface area contributed by atoms with Gasteiger partial charge >= 0.3 is 0 Å². The van der Waals surface area contributed by atoms with Crippen molar-refractivity contribution in [2.75, 3.05) is 26.2 Å². The fourth-order valence-corrected chi connectivity index (χ4v) is 7.10. The minimum absolute atomic E-state index is 0.0367. The van der Waals surface area contributed by atoms with E-state index >= 15 is 0 Å². The van der Waals surface area contributed by atoms with Crippen molar-refractivity contribution in [1.29, 1.82) is 0 Å². The standard InChI is InChI=1S/C26H30N4O4S/c1-15-12-30(22-20(31)13-34-23(15)22)25(33)21(17-4-2-3-5-17)28-24(32)18-8-6-16(7-9-18)19-14-35-26-27-10-11-29(19)26/h6-9,14-15,17,21-23H,2-5,10-13H2,1H3,(H,28,32)/t15-,21+,22-,23-/m1/s1. The van der Waals surface area contributed by atoms with Crippen LogP contribution in [0.1, 0.15) is 48.5 Å². The van der Waals surface area contributed by atoms with Crippen LogP contribution in [0.5, 0.6) is 0 Å².